The van der Waals surface area contributed by atoms with Crippen molar-refractivity contribution in [1.82, 2.24) is 15.1 Å². The molecule has 2 aromatic heterocycles. The number of furan rings is 1. The Bertz CT molecular complexity index is 601. The Morgan fingerprint density at radius 1 is 1.50 bits per heavy atom. The molecule has 20 heavy (non-hydrogen) atoms. The van der Waals surface area contributed by atoms with Crippen molar-refractivity contribution in [1.29, 1.82) is 0 Å². The van der Waals surface area contributed by atoms with Gasteiger partial charge in [0.05, 0.1) is 19.0 Å². The van der Waals surface area contributed by atoms with Gasteiger partial charge in [0.15, 0.2) is 6.61 Å². The van der Waals surface area contributed by atoms with E-state index in [2.05, 4.69) is 10.4 Å². The molecule has 0 bridgehead atoms. The molecule has 1 N–H and O–H groups in total. The number of esters is 1. The van der Waals surface area contributed by atoms with Crippen LogP contribution in [0.15, 0.2) is 29.0 Å². The topological polar surface area (TPSA) is 86.4 Å². The summed E-state index contributed by atoms with van der Waals surface area (Å²) in [4.78, 5) is 23.3. The molecule has 0 atom stereocenters. The summed E-state index contributed by atoms with van der Waals surface area (Å²) in [7, 11) is 1.72. The first kappa shape index (κ1) is 13.9. The van der Waals surface area contributed by atoms with Crippen LogP contribution in [0.1, 0.15) is 21.8 Å². The normalized spacial score (nSPS) is 10.3. The lowest BCUT2D eigenvalue weighted by Gasteiger charge is -2.05. The summed E-state index contributed by atoms with van der Waals surface area (Å²) >= 11 is 0. The summed E-state index contributed by atoms with van der Waals surface area (Å²) in [6, 6.07) is 3.47. The number of carbonyl (C=O) groups is 2. The second kappa shape index (κ2) is 6.05. The van der Waals surface area contributed by atoms with E-state index >= 15 is 0 Å². The lowest BCUT2D eigenvalue weighted by Crippen LogP contribution is -2.28. The van der Waals surface area contributed by atoms with E-state index in [1.54, 1.807) is 30.8 Å². The minimum Gasteiger partial charge on any atom is -0.467 e. The predicted molar refractivity (Wildman–Crippen MR) is 68.8 cm³/mol. The van der Waals surface area contributed by atoms with Crippen LogP contribution in [0, 0.1) is 6.92 Å². The molecule has 0 spiro atoms. The van der Waals surface area contributed by atoms with Crippen molar-refractivity contribution in [3.8, 4) is 0 Å². The Morgan fingerprint density at radius 2 is 2.30 bits per heavy atom. The summed E-state index contributed by atoms with van der Waals surface area (Å²) in [5.74, 6) is -0.326. The molecule has 106 valence electrons. The molecule has 0 saturated heterocycles. The van der Waals surface area contributed by atoms with Crippen LogP contribution in [0.2, 0.25) is 0 Å². The zero-order chi connectivity index (χ0) is 14.5. The first-order valence-electron chi connectivity index (χ1n) is 6.02. The molecule has 0 fully saturated rings. The molecule has 0 aliphatic rings. The fraction of sp³-hybridized carbons (Fsp3) is 0.308. The number of aromatic nitrogens is 2. The third-order valence-corrected chi connectivity index (χ3v) is 2.83. The van der Waals surface area contributed by atoms with Crippen LogP contribution in [0.25, 0.3) is 0 Å². The Balaban J connectivity index is 1.78. The van der Waals surface area contributed by atoms with Crippen LogP contribution in [-0.2, 0) is 23.1 Å². The van der Waals surface area contributed by atoms with Crippen molar-refractivity contribution < 1.29 is 18.7 Å². The maximum atomic E-state index is 11.7. The van der Waals surface area contributed by atoms with Gasteiger partial charge in [0.2, 0.25) is 0 Å². The minimum absolute atomic E-state index is 0.259. The average Bonchev–Trinajstić information content (AvgIpc) is 3.05. The van der Waals surface area contributed by atoms with Gasteiger partial charge in [-0.1, -0.05) is 0 Å². The quantitative estimate of drug-likeness (QED) is 0.817. The third-order valence-electron chi connectivity index (χ3n) is 2.83. The summed E-state index contributed by atoms with van der Waals surface area (Å²) in [6.45, 7) is 1.67. The van der Waals surface area contributed by atoms with Gasteiger partial charge in [0.25, 0.3) is 5.91 Å². The standard InChI is InChI=1S/C13H15N3O4/c1-9-11(7-15-16(9)2)13(18)20-8-12(17)14-6-10-4-3-5-19-10/h3-5,7H,6,8H2,1-2H3,(H,14,17). The van der Waals surface area contributed by atoms with E-state index in [1.807, 2.05) is 0 Å². The fourth-order valence-corrected chi connectivity index (χ4v) is 1.56. The van der Waals surface area contributed by atoms with Gasteiger partial charge >= 0.3 is 5.97 Å². The molecule has 0 aliphatic heterocycles. The lowest BCUT2D eigenvalue weighted by atomic mass is 10.3. The van der Waals surface area contributed by atoms with Crippen LogP contribution in [0.3, 0.4) is 0 Å². The van der Waals surface area contributed by atoms with Crippen molar-refractivity contribution in [2.24, 2.45) is 7.05 Å². The van der Waals surface area contributed by atoms with Crippen molar-refractivity contribution >= 4 is 11.9 Å². The molecule has 2 aromatic rings. The average molecular weight is 277 g/mol. The van der Waals surface area contributed by atoms with E-state index < -0.39 is 11.9 Å². The van der Waals surface area contributed by atoms with Crippen LogP contribution in [-0.4, -0.2) is 28.3 Å². The summed E-state index contributed by atoms with van der Waals surface area (Å²) in [6.07, 6.45) is 2.94. The molecule has 2 heterocycles. The van der Waals surface area contributed by atoms with Crippen LogP contribution < -0.4 is 5.32 Å². The number of hydrogen-bond donors (Lipinski definition) is 1. The summed E-state index contributed by atoms with van der Waals surface area (Å²) in [5, 5.41) is 6.52. The predicted octanol–water partition coefficient (Wildman–Crippen LogP) is 0.795. The van der Waals surface area contributed by atoms with E-state index in [0.29, 0.717) is 17.0 Å². The number of aryl methyl sites for hydroxylation is 1. The zero-order valence-electron chi connectivity index (χ0n) is 11.3. The largest absolute Gasteiger partial charge is 0.467 e. The highest BCUT2D eigenvalue weighted by atomic mass is 16.5. The van der Waals surface area contributed by atoms with Gasteiger partial charge in [-0.15, -0.1) is 0 Å². The van der Waals surface area contributed by atoms with Crippen molar-refractivity contribution in [2.45, 2.75) is 13.5 Å². The minimum atomic E-state index is -0.566. The number of hydrogen-bond acceptors (Lipinski definition) is 5. The molecular weight excluding hydrogens is 262 g/mol. The van der Waals surface area contributed by atoms with Crippen molar-refractivity contribution in [3.05, 3.63) is 41.6 Å². The number of carbonyl (C=O) groups excluding carboxylic acids is 2. The molecule has 1 amide bonds. The van der Waals surface area contributed by atoms with Gasteiger partial charge < -0.3 is 14.5 Å². The highest BCUT2D eigenvalue weighted by Gasteiger charge is 2.15. The second-order valence-electron chi connectivity index (χ2n) is 4.20. The highest BCUT2D eigenvalue weighted by Crippen LogP contribution is 2.07. The van der Waals surface area contributed by atoms with Gasteiger partial charge in [-0.25, -0.2) is 4.79 Å². The zero-order valence-corrected chi connectivity index (χ0v) is 11.3. The monoisotopic (exact) mass is 277 g/mol. The lowest BCUT2D eigenvalue weighted by molar-refractivity contribution is -0.124. The third kappa shape index (κ3) is 3.25. The van der Waals surface area contributed by atoms with Crippen LogP contribution >= 0.6 is 0 Å². The van der Waals surface area contributed by atoms with E-state index in [9.17, 15) is 9.59 Å². The molecule has 7 nitrogen and oxygen atoms in total. The molecule has 2 rings (SSSR count). The fourth-order valence-electron chi connectivity index (χ4n) is 1.56. The second-order valence-corrected chi connectivity index (χ2v) is 4.20. The first-order chi connectivity index (χ1) is 9.58. The van der Waals surface area contributed by atoms with Gasteiger partial charge in [0.1, 0.15) is 11.3 Å². The summed E-state index contributed by atoms with van der Waals surface area (Å²) < 4.78 is 11.5. The van der Waals surface area contributed by atoms with Gasteiger partial charge in [-0.3, -0.25) is 9.48 Å². The van der Waals surface area contributed by atoms with Gasteiger partial charge in [-0.2, -0.15) is 5.10 Å². The smallest absolute Gasteiger partial charge is 0.342 e. The van der Waals surface area contributed by atoms with Crippen LogP contribution in [0.4, 0.5) is 0 Å². The number of ether oxygens (including phenoxy) is 1. The van der Waals surface area contributed by atoms with Crippen LogP contribution in [0.5, 0.6) is 0 Å². The van der Waals surface area contributed by atoms with E-state index in [1.165, 1.54) is 12.5 Å². The molecule has 0 saturated carbocycles. The SMILES string of the molecule is Cc1c(C(=O)OCC(=O)NCc2ccco2)cnn1C. The highest BCUT2D eigenvalue weighted by molar-refractivity contribution is 5.92. The number of amides is 1. The Kier molecular flexibility index (Phi) is 4.19. The Hall–Kier alpha value is -2.57. The van der Waals surface area contributed by atoms with E-state index in [-0.39, 0.29) is 13.2 Å². The number of rotatable bonds is 5. The van der Waals surface area contributed by atoms with Crippen molar-refractivity contribution in [3.63, 3.8) is 0 Å². The molecule has 0 aliphatic carbocycles. The molecule has 0 radical (unpaired) electrons. The summed E-state index contributed by atoms with van der Waals surface area (Å²) in [5.41, 5.74) is 1.04. The Morgan fingerprint density at radius 3 is 2.90 bits per heavy atom. The molecule has 0 unspecified atom stereocenters. The van der Waals surface area contributed by atoms with E-state index in [4.69, 9.17) is 9.15 Å². The number of nitrogens with one attached hydrogen (secondary N) is 1. The number of nitrogens with zero attached hydrogens (tertiary/aromatic N) is 2. The maximum Gasteiger partial charge on any atom is 0.342 e. The maximum absolute atomic E-state index is 11.7. The molecular formula is C13H15N3O4. The van der Waals surface area contributed by atoms with Crippen molar-refractivity contribution in [2.75, 3.05) is 6.61 Å². The molecule has 7 heteroatoms. The van der Waals surface area contributed by atoms with Gasteiger partial charge in [0, 0.05) is 12.7 Å². The molecule has 0 aromatic carbocycles. The van der Waals surface area contributed by atoms with E-state index in [0.717, 1.165) is 0 Å². The first-order valence-corrected chi connectivity index (χ1v) is 6.02. The van der Waals surface area contributed by atoms with Gasteiger partial charge in [-0.05, 0) is 19.1 Å². The Labute approximate surface area is 115 Å².